The monoisotopic (exact) mass is 151 g/mol. The van der Waals surface area contributed by atoms with Crippen molar-refractivity contribution in [3.8, 4) is 0 Å². The van der Waals surface area contributed by atoms with Crippen LogP contribution in [0.2, 0.25) is 0 Å². The minimum absolute atomic E-state index is 0.250. The molecule has 0 saturated heterocycles. The van der Waals surface area contributed by atoms with E-state index in [-0.39, 0.29) is 6.61 Å². The molecule has 0 amide bonds. The number of nitrogens with zero attached hydrogens (tertiary/aromatic N) is 1. The Morgan fingerprint density at radius 3 is 2.00 bits per heavy atom. The number of hydrogen-bond acceptors (Lipinski definition) is 4. The van der Waals surface area contributed by atoms with Crippen LogP contribution >= 0.6 is 0 Å². The maximum Gasteiger partial charge on any atom is 0.376 e. The first-order valence-corrected chi connectivity index (χ1v) is 2.49. The zero-order valence-corrected chi connectivity index (χ0v) is 5.48. The Labute approximate surface area is 57.2 Å². The predicted octanol–water partition coefficient (Wildman–Crippen LogP) is -0.654. The van der Waals surface area contributed by atoms with Gasteiger partial charge in [0, 0.05) is 11.5 Å². The van der Waals surface area contributed by atoms with Crippen LogP contribution in [0.3, 0.4) is 0 Å². The zero-order valence-electron chi connectivity index (χ0n) is 5.48. The van der Waals surface area contributed by atoms with Crippen LogP contribution < -0.4 is 0 Å². The summed E-state index contributed by atoms with van der Waals surface area (Å²) in [4.78, 5) is 17.7. The van der Waals surface area contributed by atoms with Gasteiger partial charge in [0.2, 0.25) is 0 Å². The molecule has 6 nitrogen and oxygen atoms in total. The Hall–Kier alpha value is -1.17. The minimum atomic E-state index is -1.41. The molecule has 0 unspecified atom stereocenters. The van der Waals surface area contributed by atoms with Gasteiger partial charge in [0.25, 0.3) is 6.54 Å². The highest BCUT2D eigenvalue weighted by atomic mass is 16.6. The smallest absolute Gasteiger partial charge is 0.376 e. The van der Waals surface area contributed by atoms with Crippen LogP contribution in [0.4, 0.5) is 0 Å². The number of rotatable bonds is 2. The summed E-state index contributed by atoms with van der Waals surface area (Å²) in [7, 11) is 0. The average Bonchev–Trinajstić information content (AvgIpc) is 1.62. The van der Waals surface area contributed by atoms with Crippen molar-refractivity contribution in [1.82, 2.24) is 0 Å². The third-order valence-electron chi connectivity index (χ3n) is 0.264. The van der Waals surface area contributed by atoms with Gasteiger partial charge in [0.05, 0.1) is 0 Å². The van der Waals surface area contributed by atoms with Crippen LogP contribution in [0.25, 0.3) is 0 Å². The fourth-order valence-corrected chi connectivity index (χ4v) is 0.110. The Bertz CT molecular complexity index is 100. The van der Waals surface area contributed by atoms with Gasteiger partial charge in [-0.25, -0.2) is 4.79 Å². The minimum Gasteiger partial charge on any atom is -0.476 e. The van der Waals surface area contributed by atoms with Crippen molar-refractivity contribution in [2.45, 2.75) is 6.92 Å². The molecule has 10 heavy (non-hydrogen) atoms. The largest absolute Gasteiger partial charge is 0.476 e. The molecular formula is C4H9NO5. The fraction of sp³-hybridized carbons (Fsp3) is 0.750. The highest BCUT2D eigenvalue weighted by molar-refractivity contribution is 5.67. The van der Waals surface area contributed by atoms with Crippen molar-refractivity contribution in [3.63, 3.8) is 0 Å². The van der Waals surface area contributed by atoms with Crippen molar-refractivity contribution in [3.05, 3.63) is 10.1 Å². The van der Waals surface area contributed by atoms with E-state index >= 15 is 0 Å². The third kappa shape index (κ3) is 29.0. The van der Waals surface area contributed by atoms with Crippen molar-refractivity contribution in [1.29, 1.82) is 0 Å². The Balaban J connectivity index is 0. The van der Waals surface area contributed by atoms with Crippen molar-refractivity contribution < 1.29 is 19.9 Å². The number of aliphatic hydroxyl groups is 1. The van der Waals surface area contributed by atoms with Gasteiger partial charge in [-0.3, -0.25) is 10.1 Å². The van der Waals surface area contributed by atoms with E-state index in [0.29, 0.717) is 0 Å². The lowest BCUT2D eigenvalue weighted by Gasteiger charge is -1.79. The first-order chi connectivity index (χ1) is 4.54. The van der Waals surface area contributed by atoms with Gasteiger partial charge in [-0.05, 0) is 6.92 Å². The van der Waals surface area contributed by atoms with E-state index in [1.165, 1.54) is 0 Å². The molecule has 0 aromatic carbocycles. The van der Waals surface area contributed by atoms with E-state index in [2.05, 4.69) is 0 Å². The maximum absolute atomic E-state index is 9.37. The van der Waals surface area contributed by atoms with Crippen LogP contribution in [0, 0.1) is 10.1 Å². The van der Waals surface area contributed by atoms with Crippen molar-refractivity contribution >= 4 is 5.97 Å². The Morgan fingerprint density at radius 2 is 2.00 bits per heavy atom. The normalized spacial score (nSPS) is 7.40. The number of aliphatic carboxylic acids is 1. The number of carboxylic acids is 1. The van der Waals surface area contributed by atoms with E-state index in [9.17, 15) is 14.9 Å². The highest BCUT2D eigenvalue weighted by Gasteiger charge is 2.02. The lowest BCUT2D eigenvalue weighted by atomic mass is 10.7. The van der Waals surface area contributed by atoms with Crippen molar-refractivity contribution in [2.24, 2.45) is 0 Å². The summed E-state index contributed by atoms with van der Waals surface area (Å²) in [6.45, 7) is 0.931. The van der Waals surface area contributed by atoms with Crippen LogP contribution in [0.15, 0.2) is 0 Å². The lowest BCUT2D eigenvalue weighted by Crippen LogP contribution is -2.11. The molecule has 0 aliphatic carbocycles. The van der Waals surface area contributed by atoms with Gasteiger partial charge >= 0.3 is 5.97 Å². The lowest BCUT2D eigenvalue weighted by molar-refractivity contribution is -0.469. The molecule has 60 valence electrons. The second-order valence-corrected chi connectivity index (χ2v) is 1.20. The molecule has 0 spiro atoms. The number of aliphatic hydroxyl groups excluding tert-OH is 1. The SMILES string of the molecule is CCO.O=C(O)C[N+](=O)[O-]. The molecule has 0 aromatic heterocycles. The highest BCUT2D eigenvalue weighted by Crippen LogP contribution is 1.64. The molecule has 0 radical (unpaired) electrons. The number of nitro groups is 1. The molecule has 0 heterocycles. The summed E-state index contributed by atoms with van der Waals surface area (Å²) >= 11 is 0. The molecule has 0 bridgehead atoms. The van der Waals surface area contributed by atoms with Gasteiger partial charge < -0.3 is 10.2 Å². The first-order valence-electron chi connectivity index (χ1n) is 2.49. The molecule has 0 aromatic rings. The van der Waals surface area contributed by atoms with Gasteiger partial charge in [-0.1, -0.05) is 0 Å². The van der Waals surface area contributed by atoms with E-state index in [0.717, 1.165) is 0 Å². The number of carbonyl (C=O) groups is 1. The predicted molar refractivity (Wildman–Crippen MR) is 32.3 cm³/mol. The molecule has 6 heteroatoms. The molecule has 0 fully saturated rings. The summed E-state index contributed by atoms with van der Waals surface area (Å²) in [6.07, 6.45) is 0. The first kappa shape index (κ1) is 11.6. The summed E-state index contributed by atoms with van der Waals surface area (Å²) < 4.78 is 0. The van der Waals surface area contributed by atoms with Crippen LogP contribution in [0.5, 0.6) is 0 Å². The third-order valence-corrected chi connectivity index (χ3v) is 0.264. The zero-order chi connectivity index (χ0) is 8.57. The van der Waals surface area contributed by atoms with Gasteiger partial charge in [0.15, 0.2) is 0 Å². The molecule has 0 atom stereocenters. The second kappa shape index (κ2) is 7.83. The molecule has 0 saturated carbocycles. The quantitative estimate of drug-likeness (QED) is 0.403. The van der Waals surface area contributed by atoms with E-state index in [1.807, 2.05) is 0 Å². The van der Waals surface area contributed by atoms with Crippen LogP contribution in [0.1, 0.15) is 6.92 Å². The number of carboxylic acid groups (broad SMARTS) is 1. The van der Waals surface area contributed by atoms with Crippen molar-refractivity contribution in [2.75, 3.05) is 13.2 Å². The molecular weight excluding hydrogens is 142 g/mol. The molecule has 2 N–H and O–H groups in total. The van der Waals surface area contributed by atoms with Crippen LogP contribution in [-0.4, -0.2) is 34.3 Å². The molecule has 0 aliphatic rings. The summed E-state index contributed by atoms with van der Waals surface area (Å²) in [6, 6.07) is 0. The molecule has 0 rings (SSSR count). The standard InChI is InChI=1S/C2H3NO4.C2H6O/c4-2(5)1-3(6)7;1-2-3/h1H2,(H,4,5);3H,2H2,1H3. The summed E-state index contributed by atoms with van der Waals surface area (Å²) in [5.74, 6) is -1.41. The van der Waals surface area contributed by atoms with E-state index in [1.54, 1.807) is 6.92 Å². The Morgan fingerprint density at radius 1 is 1.70 bits per heavy atom. The van der Waals surface area contributed by atoms with E-state index in [4.69, 9.17) is 10.2 Å². The van der Waals surface area contributed by atoms with Gasteiger partial charge in [0.1, 0.15) is 0 Å². The summed E-state index contributed by atoms with van der Waals surface area (Å²) in [5, 5.41) is 24.4. The molecule has 0 aliphatic heterocycles. The fourth-order valence-electron chi connectivity index (χ4n) is 0.110. The topological polar surface area (TPSA) is 101 Å². The van der Waals surface area contributed by atoms with Gasteiger partial charge in [-0.2, -0.15) is 0 Å². The van der Waals surface area contributed by atoms with Crippen LogP contribution in [-0.2, 0) is 4.79 Å². The Kier molecular flexibility index (Phi) is 9.09. The average molecular weight is 151 g/mol. The number of hydrogen-bond donors (Lipinski definition) is 2. The maximum atomic E-state index is 9.37. The second-order valence-electron chi connectivity index (χ2n) is 1.20. The van der Waals surface area contributed by atoms with Gasteiger partial charge in [-0.15, -0.1) is 0 Å². The summed E-state index contributed by atoms with van der Waals surface area (Å²) in [5.41, 5.74) is 0. The van der Waals surface area contributed by atoms with E-state index < -0.39 is 17.4 Å².